The van der Waals surface area contributed by atoms with Crippen molar-refractivity contribution in [3.63, 3.8) is 0 Å². The van der Waals surface area contributed by atoms with E-state index in [0.717, 1.165) is 6.07 Å². The Bertz CT molecular complexity index is 438. The van der Waals surface area contributed by atoms with E-state index in [2.05, 4.69) is 0 Å². The summed E-state index contributed by atoms with van der Waals surface area (Å²) in [5.41, 5.74) is -0.522. The van der Waals surface area contributed by atoms with Crippen LogP contribution in [0.3, 0.4) is 0 Å². The third kappa shape index (κ3) is 3.83. The highest BCUT2D eigenvalue weighted by Gasteiger charge is 2.23. The van der Waals surface area contributed by atoms with Crippen LogP contribution in [-0.2, 0) is 4.74 Å². The summed E-state index contributed by atoms with van der Waals surface area (Å²) < 4.78 is 24.1. The highest BCUT2D eigenvalue weighted by molar-refractivity contribution is 14.1. The molecule has 0 atom stereocenters. The van der Waals surface area contributed by atoms with Crippen molar-refractivity contribution in [2.45, 2.75) is 26.4 Å². The molecule has 0 aliphatic carbocycles. The van der Waals surface area contributed by atoms with E-state index >= 15 is 0 Å². The molecule has 0 N–H and O–H groups in total. The van der Waals surface area contributed by atoms with Crippen LogP contribution in [0.15, 0.2) is 12.1 Å². The molecule has 0 aliphatic heterocycles. The van der Waals surface area contributed by atoms with Gasteiger partial charge in [0.25, 0.3) is 0 Å². The molecule has 0 aliphatic rings. The maximum atomic E-state index is 13.3. The summed E-state index contributed by atoms with van der Waals surface area (Å²) in [4.78, 5) is 11.9. The van der Waals surface area contributed by atoms with Gasteiger partial charge in [-0.3, -0.25) is 0 Å². The van der Waals surface area contributed by atoms with Crippen LogP contribution in [0.5, 0.6) is 5.75 Å². The molecule has 3 nitrogen and oxygen atoms in total. The molecule has 0 amide bonds. The van der Waals surface area contributed by atoms with Gasteiger partial charge in [-0.05, 0) is 55.5 Å². The second-order valence-corrected chi connectivity index (χ2v) is 5.63. The number of hydrogen-bond donors (Lipinski definition) is 0. The summed E-state index contributed by atoms with van der Waals surface area (Å²) >= 11 is 1.91. The van der Waals surface area contributed by atoms with Crippen molar-refractivity contribution in [3.8, 4) is 5.75 Å². The number of benzene rings is 1. The Morgan fingerprint density at radius 3 is 2.41 bits per heavy atom. The lowest BCUT2D eigenvalue weighted by Crippen LogP contribution is -2.24. The number of rotatable bonds is 2. The van der Waals surface area contributed by atoms with E-state index < -0.39 is 17.4 Å². The average molecular weight is 352 g/mol. The molecule has 0 heterocycles. The first-order valence-electron chi connectivity index (χ1n) is 5.01. The first-order chi connectivity index (χ1) is 7.74. The van der Waals surface area contributed by atoms with Gasteiger partial charge in [0.15, 0.2) is 0 Å². The minimum atomic E-state index is -0.625. The Labute approximate surface area is 113 Å². The molecule has 1 aromatic rings. The third-order valence-corrected chi connectivity index (χ3v) is 2.63. The molecule has 0 saturated carbocycles. The fraction of sp³-hybridized carbons (Fsp3) is 0.417. The molecule has 0 spiro atoms. The van der Waals surface area contributed by atoms with Crippen LogP contribution in [0, 0.1) is 9.39 Å². The van der Waals surface area contributed by atoms with Gasteiger partial charge in [-0.25, -0.2) is 9.18 Å². The Hall–Kier alpha value is -0.850. The van der Waals surface area contributed by atoms with Crippen LogP contribution in [0.25, 0.3) is 0 Å². The number of methoxy groups -OCH3 is 1. The van der Waals surface area contributed by atoms with Gasteiger partial charge in [0.1, 0.15) is 22.7 Å². The summed E-state index contributed by atoms with van der Waals surface area (Å²) in [6, 6.07) is 2.42. The van der Waals surface area contributed by atoms with Crippen LogP contribution in [0.1, 0.15) is 31.1 Å². The van der Waals surface area contributed by atoms with Crippen LogP contribution in [0.4, 0.5) is 4.39 Å². The topological polar surface area (TPSA) is 35.5 Å². The minimum Gasteiger partial charge on any atom is -0.495 e. The lowest BCUT2D eigenvalue weighted by molar-refractivity contribution is 0.00658. The molecule has 0 bridgehead atoms. The van der Waals surface area contributed by atoms with Gasteiger partial charge < -0.3 is 9.47 Å². The molecule has 94 valence electrons. The zero-order chi connectivity index (χ0) is 13.2. The second kappa shape index (κ2) is 5.20. The maximum absolute atomic E-state index is 13.3. The summed E-state index contributed by atoms with van der Waals surface area (Å²) in [5, 5.41) is 0. The van der Waals surface area contributed by atoms with Crippen LogP contribution in [0.2, 0.25) is 0 Å². The molecule has 0 saturated heterocycles. The first kappa shape index (κ1) is 14.2. The maximum Gasteiger partial charge on any atom is 0.342 e. The second-order valence-electron chi connectivity index (χ2n) is 4.47. The molecule has 5 heteroatoms. The number of hydrogen-bond acceptors (Lipinski definition) is 3. The standard InChI is InChI=1S/C12H14FIO3/c1-12(2,3)17-11(15)8-5-7(13)6-9(14)10(8)16-4/h5-6H,1-4H3. The van der Waals surface area contributed by atoms with Gasteiger partial charge in [-0.2, -0.15) is 0 Å². The lowest BCUT2D eigenvalue weighted by atomic mass is 10.1. The molecule has 17 heavy (non-hydrogen) atoms. The highest BCUT2D eigenvalue weighted by atomic mass is 127. The van der Waals surface area contributed by atoms with Crippen molar-refractivity contribution in [3.05, 3.63) is 27.1 Å². The molecule has 0 fully saturated rings. The zero-order valence-electron chi connectivity index (χ0n) is 10.1. The molecule has 1 rings (SSSR count). The number of carbonyl (C=O) groups is 1. The van der Waals surface area contributed by atoms with Crippen molar-refractivity contribution in [1.82, 2.24) is 0 Å². The highest BCUT2D eigenvalue weighted by Crippen LogP contribution is 2.28. The predicted octanol–water partition coefficient (Wildman–Crippen LogP) is 3.39. The number of esters is 1. The molecule has 0 unspecified atom stereocenters. The van der Waals surface area contributed by atoms with Gasteiger partial charge in [-0.15, -0.1) is 0 Å². The van der Waals surface area contributed by atoms with Crippen LogP contribution < -0.4 is 4.74 Å². The van der Waals surface area contributed by atoms with E-state index in [9.17, 15) is 9.18 Å². The SMILES string of the molecule is COc1c(I)cc(F)cc1C(=O)OC(C)(C)C. The largest absolute Gasteiger partial charge is 0.495 e. The van der Waals surface area contributed by atoms with Crippen molar-refractivity contribution >= 4 is 28.6 Å². The van der Waals surface area contributed by atoms with Gasteiger partial charge in [-0.1, -0.05) is 0 Å². The van der Waals surface area contributed by atoms with E-state index in [4.69, 9.17) is 9.47 Å². The van der Waals surface area contributed by atoms with E-state index in [1.54, 1.807) is 20.8 Å². The average Bonchev–Trinajstić information content (AvgIpc) is 2.13. The Balaban J connectivity index is 3.16. The van der Waals surface area contributed by atoms with Gasteiger partial charge in [0.05, 0.1) is 10.7 Å². The lowest BCUT2D eigenvalue weighted by Gasteiger charge is -2.20. The fourth-order valence-electron chi connectivity index (χ4n) is 1.25. The summed E-state index contributed by atoms with van der Waals surface area (Å²) in [6.07, 6.45) is 0. The smallest absolute Gasteiger partial charge is 0.342 e. The van der Waals surface area contributed by atoms with E-state index in [0.29, 0.717) is 9.32 Å². The van der Waals surface area contributed by atoms with E-state index in [1.807, 2.05) is 22.6 Å². The number of carbonyl (C=O) groups excluding carboxylic acids is 1. The molecular weight excluding hydrogens is 338 g/mol. The summed E-state index contributed by atoms with van der Waals surface area (Å²) in [7, 11) is 1.43. The first-order valence-corrected chi connectivity index (χ1v) is 6.09. The quantitative estimate of drug-likeness (QED) is 0.605. The van der Waals surface area contributed by atoms with Crippen molar-refractivity contribution in [2.24, 2.45) is 0 Å². The van der Waals surface area contributed by atoms with Crippen LogP contribution >= 0.6 is 22.6 Å². The molecule has 1 aromatic carbocycles. The zero-order valence-corrected chi connectivity index (χ0v) is 12.3. The monoisotopic (exact) mass is 352 g/mol. The van der Waals surface area contributed by atoms with Crippen molar-refractivity contribution < 1.29 is 18.7 Å². The molecule has 0 radical (unpaired) electrons. The predicted molar refractivity (Wildman–Crippen MR) is 70.8 cm³/mol. The van der Waals surface area contributed by atoms with E-state index in [1.165, 1.54) is 13.2 Å². The normalized spacial score (nSPS) is 11.2. The van der Waals surface area contributed by atoms with Crippen LogP contribution in [-0.4, -0.2) is 18.7 Å². The Morgan fingerprint density at radius 1 is 1.35 bits per heavy atom. The van der Waals surface area contributed by atoms with Gasteiger partial charge >= 0.3 is 5.97 Å². The van der Waals surface area contributed by atoms with Gasteiger partial charge in [0, 0.05) is 0 Å². The van der Waals surface area contributed by atoms with E-state index in [-0.39, 0.29) is 5.56 Å². The fourth-order valence-corrected chi connectivity index (χ4v) is 2.06. The minimum absolute atomic E-state index is 0.104. The Kier molecular flexibility index (Phi) is 4.35. The van der Waals surface area contributed by atoms with Crippen molar-refractivity contribution in [1.29, 1.82) is 0 Å². The molecule has 0 aromatic heterocycles. The van der Waals surface area contributed by atoms with Gasteiger partial charge in [0.2, 0.25) is 0 Å². The third-order valence-electron chi connectivity index (χ3n) is 1.83. The van der Waals surface area contributed by atoms with Crippen molar-refractivity contribution in [2.75, 3.05) is 7.11 Å². The number of halogens is 2. The Morgan fingerprint density at radius 2 is 1.94 bits per heavy atom. The summed E-state index contributed by atoms with van der Waals surface area (Å²) in [5.74, 6) is -0.746. The number of ether oxygens (including phenoxy) is 2. The molecular formula is C12H14FIO3. The summed E-state index contributed by atoms with van der Waals surface area (Å²) in [6.45, 7) is 5.25.